The first-order chi connectivity index (χ1) is 8.27. The standard InChI is InChI=1S/C10H9ClN4O2/c11-8-5-12-3-1-7(8)10(16)13-4-2-9-14-6-17-15-9/h1,3,5-6H,2,4H2,(H,13,16). The first-order valence-electron chi connectivity index (χ1n) is 4.90. The molecule has 0 aliphatic heterocycles. The average molecular weight is 253 g/mol. The Morgan fingerprint density at radius 2 is 2.41 bits per heavy atom. The van der Waals surface area contributed by atoms with Crippen LogP contribution in [0.5, 0.6) is 0 Å². The number of halogens is 1. The van der Waals surface area contributed by atoms with Crippen molar-refractivity contribution in [2.24, 2.45) is 0 Å². The van der Waals surface area contributed by atoms with Crippen LogP contribution in [0.15, 0.2) is 29.4 Å². The van der Waals surface area contributed by atoms with E-state index in [1.807, 2.05) is 0 Å². The molecule has 88 valence electrons. The predicted molar refractivity (Wildman–Crippen MR) is 59.6 cm³/mol. The van der Waals surface area contributed by atoms with Crippen molar-refractivity contribution in [3.8, 4) is 0 Å². The molecule has 17 heavy (non-hydrogen) atoms. The maximum atomic E-state index is 11.7. The number of nitrogens with one attached hydrogen (secondary N) is 1. The molecular weight excluding hydrogens is 244 g/mol. The van der Waals surface area contributed by atoms with Gasteiger partial charge in [-0.15, -0.1) is 0 Å². The van der Waals surface area contributed by atoms with Gasteiger partial charge in [0.05, 0.1) is 10.6 Å². The smallest absolute Gasteiger partial charge is 0.252 e. The number of hydrogen-bond acceptors (Lipinski definition) is 5. The highest BCUT2D eigenvalue weighted by molar-refractivity contribution is 6.33. The third-order valence-corrected chi connectivity index (χ3v) is 2.36. The molecule has 0 radical (unpaired) electrons. The highest BCUT2D eigenvalue weighted by Crippen LogP contribution is 2.12. The second-order valence-corrected chi connectivity index (χ2v) is 3.62. The number of aromatic nitrogens is 3. The van der Waals surface area contributed by atoms with Gasteiger partial charge in [-0.3, -0.25) is 9.78 Å². The minimum absolute atomic E-state index is 0.249. The lowest BCUT2D eigenvalue weighted by Crippen LogP contribution is -2.26. The highest BCUT2D eigenvalue weighted by Gasteiger charge is 2.09. The Bertz CT molecular complexity index is 501. The van der Waals surface area contributed by atoms with E-state index in [1.54, 1.807) is 6.07 Å². The summed E-state index contributed by atoms with van der Waals surface area (Å²) in [5, 5.41) is 6.66. The van der Waals surface area contributed by atoms with Gasteiger partial charge in [-0.1, -0.05) is 16.8 Å². The molecule has 0 atom stereocenters. The zero-order valence-electron chi connectivity index (χ0n) is 8.76. The van der Waals surface area contributed by atoms with Crippen molar-refractivity contribution in [1.29, 1.82) is 0 Å². The average Bonchev–Trinajstić information content (AvgIpc) is 2.82. The number of carbonyl (C=O) groups excluding carboxylic acids is 1. The lowest BCUT2D eigenvalue weighted by atomic mass is 10.2. The summed E-state index contributed by atoms with van der Waals surface area (Å²) in [6, 6.07) is 1.56. The van der Waals surface area contributed by atoms with Gasteiger partial charge in [0, 0.05) is 25.4 Å². The molecule has 0 fully saturated rings. The van der Waals surface area contributed by atoms with E-state index < -0.39 is 0 Å². The van der Waals surface area contributed by atoms with Gasteiger partial charge in [-0.25, -0.2) is 0 Å². The van der Waals surface area contributed by atoms with Crippen LogP contribution < -0.4 is 5.32 Å². The zero-order valence-corrected chi connectivity index (χ0v) is 9.52. The maximum Gasteiger partial charge on any atom is 0.252 e. The summed E-state index contributed by atoms with van der Waals surface area (Å²) in [4.78, 5) is 19.3. The summed E-state index contributed by atoms with van der Waals surface area (Å²) in [5.41, 5.74) is 0.398. The Morgan fingerprint density at radius 3 is 3.12 bits per heavy atom. The molecule has 2 rings (SSSR count). The number of amides is 1. The van der Waals surface area contributed by atoms with Gasteiger partial charge >= 0.3 is 0 Å². The van der Waals surface area contributed by atoms with E-state index in [4.69, 9.17) is 11.6 Å². The van der Waals surface area contributed by atoms with Crippen LogP contribution in [0.25, 0.3) is 0 Å². The number of hydrogen-bond donors (Lipinski definition) is 1. The van der Waals surface area contributed by atoms with Crippen LogP contribution in [-0.2, 0) is 6.42 Å². The van der Waals surface area contributed by atoms with Gasteiger partial charge in [0.2, 0.25) is 6.39 Å². The topological polar surface area (TPSA) is 80.9 Å². The largest absolute Gasteiger partial charge is 0.352 e. The fourth-order valence-electron chi connectivity index (χ4n) is 1.24. The molecular formula is C10H9ClN4O2. The van der Waals surface area contributed by atoms with Crippen LogP contribution in [0.2, 0.25) is 5.02 Å². The van der Waals surface area contributed by atoms with Crippen LogP contribution >= 0.6 is 11.6 Å². The van der Waals surface area contributed by atoms with Crippen molar-refractivity contribution in [2.75, 3.05) is 6.54 Å². The Labute approximate surface area is 102 Å². The Kier molecular flexibility index (Phi) is 3.66. The summed E-state index contributed by atoms with van der Waals surface area (Å²) in [7, 11) is 0. The Balaban J connectivity index is 1.88. The molecule has 0 aliphatic carbocycles. The Hall–Kier alpha value is -1.95. The fraction of sp³-hybridized carbons (Fsp3) is 0.200. The lowest BCUT2D eigenvalue weighted by molar-refractivity contribution is 0.0954. The van der Waals surface area contributed by atoms with Gasteiger partial charge in [0.1, 0.15) is 0 Å². The molecule has 0 bridgehead atoms. The van der Waals surface area contributed by atoms with Crippen LogP contribution in [-0.4, -0.2) is 27.6 Å². The normalized spacial score (nSPS) is 10.2. The van der Waals surface area contributed by atoms with E-state index >= 15 is 0 Å². The number of rotatable bonds is 4. The van der Waals surface area contributed by atoms with Crippen molar-refractivity contribution in [1.82, 2.24) is 20.4 Å². The Morgan fingerprint density at radius 1 is 1.53 bits per heavy atom. The molecule has 0 spiro atoms. The van der Waals surface area contributed by atoms with Crippen LogP contribution in [0.3, 0.4) is 0 Å². The predicted octanol–water partition coefficient (Wildman–Crippen LogP) is 1.09. The molecule has 0 aromatic carbocycles. The molecule has 1 N–H and O–H groups in total. The van der Waals surface area contributed by atoms with Crippen molar-refractivity contribution in [2.45, 2.75) is 6.42 Å². The molecule has 0 aliphatic rings. The molecule has 0 unspecified atom stereocenters. The molecule has 1 amide bonds. The third-order valence-electron chi connectivity index (χ3n) is 2.06. The summed E-state index contributed by atoms with van der Waals surface area (Å²) >= 11 is 5.83. The van der Waals surface area contributed by atoms with E-state index in [0.717, 1.165) is 0 Å². The summed E-state index contributed by atoms with van der Waals surface area (Å²) in [6.07, 6.45) is 4.69. The fourth-order valence-corrected chi connectivity index (χ4v) is 1.45. The van der Waals surface area contributed by atoms with E-state index in [9.17, 15) is 4.79 Å². The molecule has 2 heterocycles. The first-order valence-corrected chi connectivity index (χ1v) is 5.28. The van der Waals surface area contributed by atoms with Gasteiger partial charge in [-0.2, -0.15) is 4.98 Å². The van der Waals surface area contributed by atoms with Crippen molar-refractivity contribution >= 4 is 17.5 Å². The number of nitrogens with zero attached hydrogens (tertiary/aromatic N) is 3. The quantitative estimate of drug-likeness (QED) is 0.881. The van der Waals surface area contributed by atoms with Gasteiger partial charge < -0.3 is 9.84 Å². The molecule has 7 heteroatoms. The monoisotopic (exact) mass is 252 g/mol. The van der Waals surface area contributed by atoms with E-state index in [2.05, 4.69) is 25.0 Å². The van der Waals surface area contributed by atoms with Crippen molar-refractivity contribution in [3.05, 3.63) is 41.3 Å². The maximum absolute atomic E-state index is 11.7. The molecule has 2 aromatic heterocycles. The second-order valence-electron chi connectivity index (χ2n) is 3.21. The van der Waals surface area contributed by atoms with E-state index in [-0.39, 0.29) is 5.91 Å². The van der Waals surface area contributed by atoms with Crippen molar-refractivity contribution in [3.63, 3.8) is 0 Å². The number of carbonyl (C=O) groups is 1. The van der Waals surface area contributed by atoms with Crippen LogP contribution in [0.4, 0.5) is 0 Å². The van der Waals surface area contributed by atoms with Gasteiger partial charge in [0.25, 0.3) is 5.91 Å². The SMILES string of the molecule is O=C(NCCc1ncon1)c1ccncc1Cl. The van der Waals surface area contributed by atoms with E-state index in [1.165, 1.54) is 18.8 Å². The third kappa shape index (κ3) is 3.01. The van der Waals surface area contributed by atoms with Crippen LogP contribution in [0, 0.1) is 0 Å². The molecule has 0 saturated carbocycles. The summed E-state index contributed by atoms with van der Waals surface area (Å²) in [6.45, 7) is 0.414. The summed E-state index contributed by atoms with van der Waals surface area (Å²) in [5.74, 6) is 0.298. The minimum Gasteiger partial charge on any atom is -0.352 e. The minimum atomic E-state index is -0.249. The second kappa shape index (κ2) is 5.40. The zero-order chi connectivity index (χ0) is 12.1. The van der Waals surface area contributed by atoms with E-state index in [0.29, 0.717) is 29.4 Å². The molecule has 0 saturated heterocycles. The highest BCUT2D eigenvalue weighted by atomic mass is 35.5. The van der Waals surface area contributed by atoms with Crippen molar-refractivity contribution < 1.29 is 9.32 Å². The van der Waals surface area contributed by atoms with Crippen LogP contribution in [0.1, 0.15) is 16.2 Å². The molecule has 2 aromatic rings. The first kappa shape index (κ1) is 11.5. The van der Waals surface area contributed by atoms with Gasteiger partial charge in [0.15, 0.2) is 5.82 Å². The molecule has 6 nitrogen and oxygen atoms in total. The number of pyridine rings is 1. The lowest BCUT2D eigenvalue weighted by Gasteiger charge is -2.04. The van der Waals surface area contributed by atoms with Gasteiger partial charge in [-0.05, 0) is 6.07 Å². The summed E-state index contributed by atoms with van der Waals surface area (Å²) < 4.78 is 4.57.